The van der Waals surface area contributed by atoms with Gasteiger partial charge in [0.2, 0.25) is 0 Å². The Morgan fingerprint density at radius 2 is 2.19 bits per heavy atom. The van der Waals surface area contributed by atoms with Crippen molar-refractivity contribution in [2.75, 3.05) is 38.1 Å². The summed E-state index contributed by atoms with van der Waals surface area (Å²) in [7, 11) is 2.09. The molecule has 2 aromatic rings. The predicted octanol–water partition coefficient (Wildman–Crippen LogP) is 0.620. The molecule has 0 aromatic carbocycles. The normalized spacial score (nSPS) is 17.0. The van der Waals surface area contributed by atoms with Gasteiger partial charge in [-0.05, 0) is 30.9 Å². The summed E-state index contributed by atoms with van der Waals surface area (Å²) in [5.41, 5.74) is 9.08. The van der Waals surface area contributed by atoms with Crippen LogP contribution >= 0.6 is 0 Å². The van der Waals surface area contributed by atoms with Gasteiger partial charge >= 0.3 is 0 Å². The molecule has 142 valence electrons. The fraction of sp³-hybridized carbons (Fsp3) is 0.474. The first kappa shape index (κ1) is 17.8. The second-order valence-corrected chi connectivity index (χ2v) is 7.18. The summed E-state index contributed by atoms with van der Waals surface area (Å²) in [4.78, 5) is 29.8. The molecule has 0 spiro atoms. The number of aromatic nitrogens is 3. The molecule has 0 atom stereocenters. The van der Waals surface area contributed by atoms with E-state index in [2.05, 4.69) is 37.8 Å². The third-order valence-corrected chi connectivity index (χ3v) is 5.32. The van der Waals surface area contributed by atoms with Crippen molar-refractivity contribution in [2.24, 2.45) is 5.92 Å². The van der Waals surface area contributed by atoms with Crippen LogP contribution in [0.3, 0.4) is 0 Å². The molecule has 0 unspecified atom stereocenters. The first-order valence-corrected chi connectivity index (χ1v) is 9.41. The summed E-state index contributed by atoms with van der Waals surface area (Å²) in [5.74, 6) is 1.65. The van der Waals surface area contributed by atoms with E-state index in [0.29, 0.717) is 24.6 Å². The van der Waals surface area contributed by atoms with Crippen molar-refractivity contribution < 1.29 is 4.79 Å². The van der Waals surface area contributed by atoms with Crippen LogP contribution < -0.4 is 15.8 Å². The van der Waals surface area contributed by atoms with Crippen molar-refractivity contribution in [1.82, 2.24) is 30.7 Å². The number of nitrogens with zero attached hydrogens (tertiary/aromatic N) is 5. The smallest absolute Gasteiger partial charge is 0.255 e. The van der Waals surface area contributed by atoms with Crippen LogP contribution in [0.25, 0.3) is 0 Å². The highest BCUT2D eigenvalue weighted by atomic mass is 16.2. The fourth-order valence-electron chi connectivity index (χ4n) is 3.70. The van der Waals surface area contributed by atoms with Crippen LogP contribution in [0, 0.1) is 5.92 Å². The second kappa shape index (κ2) is 7.98. The van der Waals surface area contributed by atoms with Gasteiger partial charge in [0.05, 0.1) is 17.8 Å². The Labute approximate surface area is 159 Å². The Balaban J connectivity index is 1.45. The maximum atomic E-state index is 12.7. The van der Waals surface area contributed by atoms with Gasteiger partial charge in [-0.3, -0.25) is 20.6 Å². The molecule has 2 aliphatic heterocycles. The van der Waals surface area contributed by atoms with E-state index in [1.165, 1.54) is 0 Å². The van der Waals surface area contributed by atoms with Gasteiger partial charge in [-0.15, -0.1) is 0 Å². The number of hydrogen-bond acceptors (Lipinski definition) is 7. The zero-order valence-corrected chi connectivity index (χ0v) is 15.6. The van der Waals surface area contributed by atoms with Gasteiger partial charge in [0.15, 0.2) is 0 Å². The SMILES string of the molecule is CN(CCC1CNNC1)c1ncnc2c1CCN(C(=O)c1cccnc1)C2. The van der Waals surface area contributed by atoms with E-state index in [0.717, 1.165) is 49.6 Å². The molecule has 8 nitrogen and oxygen atoms in total. The first-order valence-electron chi connectivity index (χ1n) is 9.41. The van der Waals surface area contributed by atoms with Gasteiger partial charge in [-0.25, -0.2) is 9.97 Å². The largest absolute Gasteiger partial charge is 0.359 e. The Bertz CT molecular complexity index is 792. The number of rotatable bonds is 5. The quantitative estimate of drug-likeness (QED) is 0.801. The van der Waals surface area contributed by atoms with Crippen molar-refractivity contribution in [1.29, 1.82) is 0 Å². The molecule has 0 bridgehead atoms. The average molecular weight is 367 g/mol. The molecule has 0 aliphatic carbocycles. The lowest BCUT2D eigenvalue weighted by molar-refractivity contribution is 0.0731. The third kappa shape index (κ3) is 3.91. The molecule has 0 saturated carbocycles. The monoisotopic (exact) mass is 367 g/mol. The summed E-state index contributed by atoms with van der Waals surface area (Å²) < 4.78 is 0. The van der Waals surface area contributed by atoms with Crippen LogP contribution in [-0.2, 0) is 13.0 Å². The number of amides is 1. The summed E-state index contributed by atoms with van der Waals surface area (Å²) in [6, 6.07) is 3.59. The third-order valence-electron chi connectivity index (χ3n) is 5.32. The van der Waals surface area contributed by atoms with Crippen LogP contribution in [0.4, 0.5) is 5.82 Å². The average Bonchev–Trinajstić information content (AvgIpc) is 3.25. The van der Waals surface area contributed by atoms with E-state index in [9.17, 15) is 4.79 Å². The standard InChI is InChI=1S/C19H25N7O/c1-25(7-4-14-9-23-24-10-14)18-16-5-8-26(12-17(16)21-13-22-18)19(27)15-3-2-6-20-11-15/h2-3,6,11,13-14,23-24H,4-5,7-10,12H2,1H3. The fourth-order valence-corrected chi connectivity index (χ4v) is 3.70. The summed E-state index contributed by atoms with van der Waals surface area (Å²) in [5, 5.41) is 0. The number of nitrogens with one attached hydrogen (secondary N) is 2. The Morgan fingerprint density at radius 3 is 2.96 bits per heavy atom. The highest BCUT2D eigenvalue weighted by molar-refractivity contribution is 5.94. The number of fused-ring (bicyclic) bond motifs is 1. The number of pyridine rings is 1. The van der Waals surface area contributed by atoms with E-state index < -0.39 is 0 Å². The van der Waals surface area contributed by atoms with Gasteiger partial charge in [0, 0.05) is 51.2 Å². The number of anilines is 1. The molecule has 4 heterocycles. The molecular weight excluding hydrogens is 342 g/mol. The lowest BCUT2D eigenvalue weighted by Gasteiger charge is -2.31. The Morgan fingerprint density at radius 1 is 1.33 bits per heavy atom. The molecule has 1 saturated heterocycles. The minimum atomic E-state index is 0.00324. The van der Waals surface area contributed by atoms with Crippen LogP contribution in [0.1, 0.15) is 28.0 Å². The van der Waals surface area contributed by atoms with Crippen molar-refractivity contribution in [3.8, 4) is 0 Å². The lowest BCUT2D eigenvalue weighted by atomic mass is 10.0. The Hall–Kier alpha value is -2.58. The molecule has 8 heteroatoms. The van der Waals surface area contributed by atoms with E-state index in [4.69, 9.17) is 0 Å². The van der Waals surface area contributed by atoms with E-state index in [1.807, 2.05) is 4.90 Å². The Kier molecular flexibility index (Phi) is 5.26. The van der Waals surface area contributed by atoms with Crippen molar-refractivity contribution in [2.45, 2.75) is 19.4 Å². The molecule has 27 heavy (non-hydrogen) atoms. The predicted molar refractivity (Wildman–Crippen MR) is 102 cm³/mol. The van der Waals surface area contributed by atoms with Crippen LogP contribution in [0.2, 0.25) is 0 Å². The lowest BCUT2D eigenvalue weighted by Crippen LogP contribution is -2.37. The number of hydrazine groups is 1. The maximum absolute atomic E-state index is 12.7. The van der Waals surface area contributed by atoms with E-state index in [1.54, 1.807) is 30.9 Å². The van der Waals surface area contributed by atoms with Gasteiger partial charge in [-0.1, -0.05) is 0 Å². The molecule has 4 rings (SSSR count). The van der Waals surface area contributed by atoms with Gasteiger partial charge in [0.1, 0.15) is 12.1 Å². The highest BCUT2D eigenvalue weighted by Crippen LogP contribution is 2.26. The molecule has 2 aromatic heterocycles. The molecular formula is C19H25N7O. The van der Waals surface area contributed by atoms with Crippen LogP contribution in [0.5, 0.6) is 0 Å². The maximum Gasteiger partial charge on any atom is 0.255 e. The topological polar surface area (TPSA) is 86.3 Å². The highest BCUT2D eigenvalue weighted by Gasteiger charge is 2.26. The van der Waals surface area contributed by atoms with Gasteiger partial charge in [0.25, 0.3) is 5.91 Å². The minimum absolute atomic E-state index is 0.00324. The number of carbonyl (C=O) groups is 1. The summed E-state index contributed by atoms with van der Waals surface area (Å²) >= 11 is 0. The van der Waals surface area contributed by atoms with Crippen molar-refractivity contribution in [3.05, 3.63) is 47.7 Å². The molecule has 2 aliphatic rings. The number of hydrogen-bond donors (Lipinski definition) is 2. The van der Waals surface area contributed by atoms with Crippen molar-refractivity contribution >= 4 is 11.7 Å². The first-order chi connectivity index (χ1) is 13.2. The van der Waals surface area contributed by atoms with Gasteiger partial charge < -0.3 is 9.80 Å². The molecule has 0 radical (unpaired) electrons. The molecule has 2 N–H and O–H groups in total. The van der Waals surface area contributed by atoms with Gasteiger partial charge in [-0.2, -0.15) is 0 Å². The zero-order chi connectivity index (χ0) is 18.6. The van der Waals surface area contributed by atoms with Crippen LogP contribution in [-0.4, -0.2) is 59.0 Å². The second-order valence-electron chi connectivity index (χ2n) is 7.18. The van der Waals surface area contributed by atoms with E-state index >= 15 is 0 Å². The van der Waals surface area contributed by atoms with Crippen molar-refractivity contribution in [3.63, 3.8) is 0 Å². The molecule has 1 fully saturated rings. The minimum Gasteiger partial charge on any atom is -0.359 e. The van der Waals surface area contributed by atoms with Crippen LogP contribution in [0.15, 0.2) is 30.9 Å². The van der Waals surface area contributed by atoms with E-state index in [-0.39, 0.29) is 5.91 Å². The summed E-state index contributed by atoms with van der Waals surface area (Å²) in [6.45, 7) is 4.17. The number of carbonyl (C=O) groups excluding carboxylic acids is 1. The zero-order valence-electron chi connectivity index (χ0n) is 15.6. The molecule has 1 amide bonds. The summed E-state index contributed by atoms with van der Waals surface area (Å²) in [6.07, 6.45) is 6.79.